The molecule has 1 fully saturated rings. The molecule has 0 aliphatic carbocycles. The summed E-state index contributed by atoms with van der Waals surface area (Å²) in [5.74, 6) is -3.03. The van der Waals surface area contributed by atoms with Gasteiger partial charge in [-0.25, -0.2) is 4.39 Å². The quantitative estimate of drug-likeness (QED) is 0.656. The van der Waals surface area contributed by atoms with Crippen molar-refractivity contribution in [1.82, 2.24) is 10.2 Å². The number of nitrogens with one attached hydrogen (secondary N) is 1. The Kier molecular flexibility index (Phi) is 4.23. The van der Waals surface area contributed by atoms with E-state index in [0.29, 0.717) is 38.2 Å². The third-order valence-electron chi connectivity index (χ3n) is 3.07. The smallest absolute Gasteiger partial charge is 0.308 e. The van der Waals surface area contributed by atoms with Crippen LogP contribution in [0.25, 0.3) is 0 Å². The fourth-order valence-electron chi connectivity index (χ4n) is 2.08. The second-order valence-electron chi connectivity index (χ2n) is 4.44. The zero-order chi connectivity index (χ0) is 14.7. The van der Waals surface area contributed by atoms with Crippen LogP contribution in [-0.4, -0.2) is 41.9 Å². The number of nitro benzene ring substituents is 1. The molecular formula is C12H13F2N3O3. The molecule has 1 aromatic carbocycles. The fraction of sp³-hybridized carbons (Fsp3) is 0.417. The first-order chi connectivity index (χ1) is 9.50. The van der Waals surface area contributed by atoms with Gasteiger partial charge in [-0.3, -0.25) is 14.9 Å². The molecule has 0 atom stereocenters. The lowest BCUT2D eigenvalue weighted by Gasteiger charge is -2.20. The maximum absolute atomic E-state index is 13.9. The lowest BCUT2D eigenvalue weighted by atomic mass is 10.1. The summed E-state index contributed by atoms with van der Waals surface area (Å²) in [6.45, 7) is 2.03. The maximum atomic E-state index is 13.9. The number of nitrogens with zero attached hydrogens (tertiary/aromatic N) is 2. The molecule has 1 amide bonds. The molecule has 0 saturated carbocycles. The highest BCUT2D eigenvalue weighted by Gasteiger charge is 2.27. The first kappa shape index (κ1) is 14.3. The van der Waals surface area contributed by atoms with Crippen LogP contribution in [0.5, 0.6) is 0 Å². The minimum Gasteiger partial charge on any atom is -0.337 e. The first-order valence-corrected chi connectivity index (χ1v) is 6.14. The van der Waals surface area contributed by atoms with Gasteiger partial charge in [0.15, 0.2) is 0 Å². The van der Waals surface area contributed by atoms with Crippen molar-refractivity contribution in [3.05, 3.63) is 39.4 Å². The van der Waals surface area contributed by atoms with Crippen molar-refractivity contribution in [2.75, 3.05) is 26.2 Å². The summed E-state index contributed by atoms with van der Waals surface area (Å²) in [4.78, 5) is 23.1. The van der Waals surface area contributed by atoms with Gasteiger partial charge in [-0.1, -0.05) is 0 Å². The second-order valence-corrected chi connectivity index (χ2v) is 4.44. The Morgan fingerprint density at radius 3 is 2.75 bits per heavy atom. The van der Waals surface area contributed by atoms with Gasteiger partial charge in [0, 0.05) is 19.6 Å². The number of hydrogen-bond donors (Lipinski definition) is 1. The fourth-order valence-corrected chi connectivity index (χ4v) is 2.08. The Morgan fingerprint density at radius 1 is 1.30 bits per heavy atom. The summed E-state index contributed by atoms with van der Waals surface area (Å²) in [6.07, 6.45) is 0.685. The molecule has 6 nitrogen and oxygen atoms in total. The Morgan fingerprint density at radius 2 is 2.05 bits per heavy atom. The van der Waals surface area contributed by atoms with Crippen LogP contribution in [0.1, 0.15) is 16.8 Å². The van der Waals surface area contributed by atoms with E-state index in [0.717, 1.165) is 6.54 Å². The normalized spacial score (nSPS) is 15.8. The predicted molar refractivity (Wildman–Crippen MR) is 66.4 cm³/mol. The van der Waals surface area contributed by atoms with Crippen molar-refractivity contribution in [3.8, 4) is 0 Å². The molecule has 1 aromatic rings. The van der Waals surface area contributed by atoms with E-state index in [4.69, 9.17) is 0 Å². The Bertz CT molecular complexity index is 543. The topological polar surface area (TPSA) is 75.5 Å². The maximum Gasteiger partial charge on any atom is 0.308 e. The largest absolute Gasteiger partial charge is 0.337 e. The van der Waals surface area contributed by atoms with E-state index in [-0.39, 0.29) is 0 Å². The number of carbonyl (C=O) groups excluding carboxylic acids is 1. The van der Waals surface area contributed by atoms with Gasteiger partial charge in [-0.05, 0) is 19.0 Å². The van der Waals surface area contributed by atoms with Gasteiger partial charge < -0.3 is 10.2 Å². The highest BCUT2D eigenvalue weighted by atomic mass is 19.1. The van der Waals surface area contributed by atoms with Crippen LogP contribution >= 0.6 is 0 Å². The molecule has 2 rings (SSSR count). The molecule has 1 saturated heterocycles. The molecule has 20 heavy (non-hydrogen) atoms. The third kappa shape index (κ3) is 2.90. The first-order valence-electron chi connectivity index (χ1n) is 6.14. The Labute approximate surface area is 113 Å². The van der Waals surface area contributed by atoms with Crippen LogP contribution in [0, 0.1) is 21.7 Å². The molecule has 0 aromatic heterocycles. The summed E-state index contributed by atoms with van der Waals surface area (Å²) in [5, 5.41) is 13.7. The zero-order valence-electron chi connectivity index (χ0n) is 10.6. The van der Waals surface area contributed by atoms with Crippen LogP contribution < -0.4 is 5.32 Å². The second kappa shape index (κ2) is 5.91. The lowest BCUT2D eigenvalue weighted by Crippen LogP contribution is -2.34. The van der Waals surface area contributed by atoms with E-state index in [1.54, 1.807) is 0 Å². The van der Waals surface area contributed by atoms with Gasteiger partial charge in [0.1, 0.15) is 5.82 Å². The van der Waals surface area contributed by atoms with Gasteiger partial charge >= 0.3 is 5.69 Å². The number of hydrogen-bond acceptors (Lipinski definition) is 4. The number of benzene rings is 1. The van der Waals surface area contributed by atoms with Crippen molar-refractivity contribution in [3.63, 3.8) is 0 Å². The Hall–Kier alpha value is -2.09. The average Bonchev–Trinajstić information content (AvgIpc) is 2.68. The number of amides is 1. The number of rotatable bonds is 2. The lowest BCUT2D eigenvalue weighted by molar-refractivity contribution is -0.387. The molecule has 1 aliphatic heterocycles. The predicted octanol–water partition coefficient (Wildman–Crippen LogP) is 1.31. The summed E-state index contributed by atoms with van der Waals surface area (Å²) >= 11 is 0. The van der Waals surface area contributed by atoms with Gasteiger partial charge in [0.2, 0.25) is 5.82 Å². The summed E-state index contributed by atoms with van der Waals surface area (Å²) < 4.78 is 27.3. The standard InChI is InChI=1S/C12H13F2N3O3/c13-8-6-9(11(14)10(7-8)17(19)20)12(18)16-4-1-2-15-3-5-16/h6-7,15H,1-5H2. The summed E-state index contributed by atoms with van der Waals surface area (Å²) in [5.41, 5.74) is -1.63. The highest BCUT2D eigenvalue weighted by Crippen LogP contribution is 2.23. The monoisotopic (exact) mass is 285 g/mol. The van der Waals surface area contributed by atoms with Crippen molar-refractivity contribution in [1.29, 1.82) is 0 Å². The minimum atomic E-state index is -1.29. The molecule has 1 heterocycles. The van der Waals surface area contributed by atoms with Crippen LogP contribution in [0.3, 0.4) is 0 Å². The van der Waals surface area contributed by atoms with Crippen molar-refractivity contribution < 1.29 is 18.5 Å². The van der Waals surface area contributed by atoms with Gasteiger partial charge in [0.05, 0.1) is 16.6 Å². The minimum absolute atomic E-state index is 0.350. The zero-order valence-corrected chi connectivity index (χ0v) is 10.6. The molecule has 108 valence electrons. The van der Waals surface area contributed by atoms with Crippen LogP contribution in [0.15, 0.2) is 12.1 Å². The summed E-state index contributed by atoms with van der Waals surface area (Å²) in [7, 11) is 0. The van der Waals surface area contributed by atoms with Crippen molar-refractivity contribution >= 4 is 11.6 Å². The van der Waals surface area contributed by atoms with Crippen molar-refractivity contribution in [2.45, 2.75) is 6.42 Å². The van der Waals surface area contributed by atoms with Crippen LogP contribution in [0.4, 0.5) is 14.5 Å². The highest BCUT2D eigenvalue weighted by molar-refractivity contribution is 5.95. The third-order valence-corrected chi connectivity index (χ3v) is 3.07. The van der Waals surface area contributed by atoms with E-state index >= 15 is 0 Å². The number of carbonyl (C=O) groups is 1. The van der Waals surface area contributed by atoms with E-state index in [9.17, 15) is 23.7 Å². The van der Waals surface area contributed by atoms with Gasteiger partial charge in [0.25, 0.3) is 5.91 Å². The Balaban J connectivity index is 2.36. The van der Waals surface area contributed by atoms with Gasteiger partial charge in [-0.15, -0.1) is 0 Å². The van der Waals surface area contributed by atoms with Crippen LogP contribution in [0.2, 0.25) is 0 Å². The molecule has 1 aliphatic rings. The molecule has 0 radical (unpaired) electrons. The molecule has 0 unspecified atom stereocenters. The number of halogens is 2. The van der Waals surface area contributed by atoms with Crippen LogP contribution in [-0.2, 0) is 0 Å². The van der Waals surface area contributed by atoms with Crippen molar-refractivity contribution in [2.24, 2.45) is 0 Å². The molecule has 0 spiro atoms. The number of nitro groups is 1. The molecular weight excluding hydrogens is 272 g/mol. The SMILES string of the molecule is O=C(c1cc(F)cc([N+](=O)[O-])c1F)N1CCCNCC1. The molecule has 1 N–H and O–H groups in total. The summed E-state index contributed by atoms with van der Waals surface area (Å²) in [6, 6.07) is 1.17. The average molecular weight is 285 g/mol. The van der Waals surface area contributed by atoms with E-state index in [1.807, 2.05) is 0 Å². The molecule has 0 bridgehead atoms. The van der Waals surface area contributed by atoms with E-state index < -0.39 is 33.7 Å². The van der Waals surface area contributed by atoms with E-state index in [2.05, 4.69) is 5.32 Å². The molecule has 8 heteroatoms. The van der Waals surface area contributed by atoms with Gasteiger partial charge in [-0.2, -0.15) is 4.39 Å². The van der Waals surface area contributed by atoms with E-state index in [1.165, 1.54) is 4.90 Å².